The number of imidazole rings is 1. The predicted octanol–water partition coefficient (Wildman–Crippen LogP) is 3.47. The van der Waals surface area contributed by atoms with Gasteiger partial charge in [0.2, 0.25) is 5.82 Å². The number of rotatable bonds is 9. The fourth-order valence-electron chi connectivity index (χ4n) is 2.93. The summed E-state index contributed by atoms with van der Waals surface area (Å²) in [6, 6.07) is 0.337. The number of nitrogens with one attached hydrogen (secondary N) is 1. The lowest BCUT2D eigenvalue weighted by molar-refractivity contribution is -0.389. The van der Waals surface area contributed by atoms with Crippen LogP contribution in [0.4, 0.5) is 11.6 Å². The van der Waals surface area contributed by atoms with Crippen molar-refractivity contribution in [3.05, 3.63) is 21.7 Å². The second-order valence-electron chi connectivity index (χ2n) is 5.98. The fourth-order valence-corrected chi connectivity index (χ4v) is 3.64. The summed E-state index contributed by atoms with van der Waals surface area (Å²) in [5.74, 6) is 0.953. The summed E-state index contributed by atoms with van der Waals surface area (Å²) in [5.41, 5.74) is 0. The lowest BCUT2D eigenvalue weighted by Gasteiger charge is -2.31. The third-order valence-electron chi connectivity index (χ3n) is 3.99. The van der Waals surface area contributed by atoms with Gasteiger partial charge in [-0.3, -0.25) is 4.90 Å². The molecular formula is C15H25N5O2S. The van der Waals surface area contributed by atoms with E-state index >= 15 is 0 Å². The third kappa shape index (κ3) is 4.00. The Bertz CT molecular complexity index is 647. The van der Waals surface area contributed by atoms with E-state index in [0.29, 0.717) is 29.3 Å². The Morgan fingerprint density at radius 2 is 2.13 bits per heavy atom. The Morgan fingerprint density at radius 1 is 1.43 bits per heavy atom. The summed E-state index contributed by atoms with van der Waals surface area (Å²) in [6.45, 7) is 11.3. The van der Waals surface area contributed by atoms with E-state index in [0.717, 1.165) is 19.5 Å². The monoisotopic (exact) mass is 339 g/mol. The predicted molar refractivity (Wildman–Crippen MR) is 94.4 cm³/mol. The summed E-state index contributed by atoms with van der Waals surface area (Å²) in [4.78, 5) is 18.4. The summed E-state index contributed by atoms with van der Waals surface area (Å²) < 4.78 is 1.53. The fraction of sp³-hybridized carbons (Fsp3) is 0.667. The van der Waals surface area contributed by atoms with Crippen LogP contribution in [0.3, 0.4) is 0 Å². The lowest BCUT2D eigenvalue weighted by atomic mass is 10.0. The van der Waals surface area contributed by atoms with Crippen molar-refractivity contribution in [2.24, 2.45) is 5.92 Å². The maximum absolute atomic E-state index is 11.4. The van der Waals surface area contributed by atoms with Crippen LogP contribution in [-0.4, -0.2) is 44.9 Å². The molecule has 1 N–H and O–H groups in total. The van der Waals surface area contributed by atoms with E-state index in [1.807, 2.05) is 0 Å². The highest BCUT2D eigenvalue weighted by molar-refractivity contribution is 7.15. The number of thiazole rings is 1. The number of nitro groups is 1. The average Bonchev–Trinajstić information content (AvgIpc) is 3.04. The molecule has 0 saturated heterocycles. The van der Waals surface area contributed by atoms with Gasteiger partial charge in [0.05, 0.1) is 0 Å². The Kier molecular flexibility index (Phi) is 5.95. The van der Waals surface area contributed by atoms with Crippen LogP contribution in [0.2, 0.25) is 0 Å². The van der Waals surface area contributed by atoms with Gasteiger partial charge in [0, 0.05) is 18.0 Å². The first kappa shape index (κ1) is 17.7. The van der Waals surface area contributed by atoms with Gasteiger partial charge in [0.1, 0.15) is 6.20 Å². The molecule has 2 rings (SSSR count). The van der Waals surface area contributed by atoms with E-state index in [4.69, 9.17) is 0 Å². The van der Waals surface area contributed by atoms with Crippen molar-refractivity contribution < 1.29 is 4.92 Å². The molecule has 128 valence electrons. The van der Waals surface area contributed by atoms with Gasteiger partial charge in [-0.15, -0.1) is 0 Å². The first-order valence-electron chi connectivity index (χ1n) is 8.05. The molecule has 2 aromatic rings. The first-order chi connectivity index (χ1) is 11.0. The van der Waals surface area contributed by atoms with E-state index in [9.17, 15) is 10.1 Å². The first-order valence-corrected chi connectivity index (χ1v) is 8.93. The summed E-state index contributed by atoms with van der Waals surface area (Å²) >= 11 is 1.40. The minimum Gasteiger partial charge on any atom is -0.361 e. The maximum atomic E-state index is 11.4. The van der Waals surface area contributed by atoms with Crippen molar-refractivity contribution in [1.29, 1.82) is 0 Å². The van der Waals surface area contributed by atoms with Crippen molar-refractivity contribution in [2.45, 2.75) is 40.2 Å². The number of hydrogen-bond acceptors (Lipinski definition) is 6. The van der Waals surface area contributed by atoms with Crippen molar-refractivity contribution in [3.8, 4) is 0 Å². The van der Waals surface area contributed by atoms with Crippen molar-refractivity contribution in [1.82, 2.24) is 14.3 Å². The normalized spacial score (nSPS) is 13.1. The molecule has 0 fully saturated rings. The van der Waals surface area contributed by atoms with Crippen LogP contribution < -0.4 is 5.32 Å². The zero-order valence-corrected chi connectivity index (χ0v) is 15.0. The molecule has 1 unspecified atom stereocenters. The number of nitrogens with zero attached hydrogens (tertiary/aromatic N) is 4. The SMILES string of the molecule is CCN(CC)C(CNc1nc2sccn2c1[N+](=O)[O-])CC(C)C. The molecule has 0 saturated carbocycles. The smallest absolute Gasteiger partial charge is 0.361 e. The second kappa shape index (κ2) is 7.74. The van der Waals surface area contributed by atoms with Crippen LogP contribution in [0.25, 0.3) is 4.96 Å². The minimum atomic E-state index is -0.371. The molecule has 8 heteroatoms. The molecule has 0 amide bonds. The van der Waals surface area contributed by atoms with Gasteiger partial charge >= 0.3 is 5.82 Å². The molecule has 0 bridgehead atoms. The van der Waals surface area contributed by atoms with Gasteiger partial charge < -0.3 is 15.4 Å². The summed E-state index contributed by atoms with van der Waals surface area (Å²) in [7, 11) is 0. The van der Waals surface area contributed by atoms with Crippen LogP contribution in [0.5, 0.6) is 0 Å². The standard InChI is InChI=1S/C15H25N5O2S/c1-5-18(6-2)12(9-11(3)4)10-16-13-14(20(21)22)19-7-8-23-15(19)17-13/h7-8,11-12,16H,5-6,9-10H2,1-4H3. The quantitative estimate of drug-likeness (QED) is 0.559. The molecule has 0 radical (unpaired) electrons. The number of anilines is 1. The molecule has 0 aliphatic heterocycles. The molecule has 0 aliphatic carbocycles. The molecule has 2 heterocycles. The summed E-state index contributed by atoms with van der Waals surface area (Å²) in [6.07, 6.45) is 2.73. The Labute approximate surface area is 140 Å². The van der Waals surface area contributed by atoms with Crippen molar-refractivity contribution in [3.63, 3.8) is 0 Å². The average molecular weight is 339 g/mol. The van der Waals surface area contributed by atoms with Gasteiger partial charge in [-0.05, 0) is 30.4 Å². The molecule has 7 nitrogen and oxygen atoms in total. The second-order valence-corrected chi connectivity index (χ2v) is 6.86. The molecular weight excluding hydrogens is 314 g/mol. The molecule has 2 aromatic heterocycles. The summed E-state index contributed by atoms with van der Waals surface area (Å²) in [5, 5.41) is 16.4. The number of aromatic nitrogens is 2. The Balaban J connectivity index is 2.18. The zero-order valence-electron chi connectivity index (χ0n) is 14.2. The molecule has 0 spiro atoms. The van der Waals surface area contributed by atoms with Crippen LogP contribution in [0.1, 0.15) is 34.1 Å². The van der Waals surface area contributed by atoms with E-state index in [1.165, 1.54) is 15.7 Å². The highest BCUT2D eigenvalue weighted by Gasteiger charge is 2.25. The topological polar surface area (TPSA) is 75.7 Å². The van der Waals surface area contributed by atoms with E-state index in [-0.39, 0.29) is 10.7 Å². The molecule has 0 aromatic carbocycles. The van der Waals surface area contributed by atoms with Gasteiger partial charge in [0.15, 0.2) is 0 Å². The lowest BCUT2D eigenvalue weighted by Crippen LogP contribution is -2.40. The van der Waals surface area contributed by atoms with Crippen LogP contribution >= 0.6 is 11.3 Å². The largest absolute Gasteiger partial charge is 0.372 e. The highest BCUT2D eigenvalue weighted by atomic mass is 32.1. The van der Waals surface area contributed by atoms with Crippen LogP contribution in [-0.2, 0) is 0 Å². The zero-order chi connectivity index (χ0) is 17.0. The third-order valence-corrected chi connectivity index (χ3v) is 4.74. The van der Waals surface area contributed by atoms with Gasteiger partial charge in [-0.1, -0.05) is 39.0 Å². The molecule has 0 aliphatic rings. The minimum absolute atomic E-state index is 0.0177. The Morgan fingerprint density at radius 3 is 2.70 bits per heavy atom. The maximum Gasteiger partial charge on any atom is 0.372 e. The van der Waals surface area contributed by atoms with E-state index < -0.39 is 0 Å². The van der Waals surface area contributed by atoms with Gasteiger partial charge in [-0.25, -0.2) is 0 Å². The van der Waals surface area contributed by atoms with Crippen molar-refractivity contribution in [2.75, 3.05) is 25.0 Å². The number of hydrogen-bond donors (Lipinski definition) is 1. The van der Waals surface area contributed by atoms with Crippen LogP contribution in [0.15, 0.2) is 11.6 Å². The Hall–Kier alpha value is -1.67. The van der Waals surface area contributed by atoms with Gasteiger partial charge in [-0.2, -0.15) is 9.38 Å². The van der Waals surface area contributed by atoms with Gasteiger partial charge in [0.25, 0.3) is 4.96 Å². The number of fused-ring (bicyclic) bond motifs is 1. The van der Waals surface area contributed by atoms with E-state index in [1.54, 1.807) is 11.6 Å². The molecule has 1 atom stereocenters. The van der Waals surface area contributed by atoms with Crippen molar-refractivity contribution >= 4 is 27.9 Å². The van der Waals surface area contributed by atoms with Crippen LogP contribution in [0, 0.1) is 16.0 Å². The van der Waals surface area contributed by atoms with E-state index in [2.05, 4.69) is 42.9 Å². The highest BCUT2D eigenvalue weighted by Crippen LogP contribution is 2.28. The number of likely N-dealkylation sites (N-methyl/N-ethyl adjacent to an activating group) is 1. The molecule has 23 heavy (non-hydrogen) atoms.